The lowest BCUT2D eigenvalue weighted by Crippen LogP contribution is -1.98. The van der Waals surface area contributed by atoms with Crippen LogP contribution in [0.1, 0.15) is 10.5 Å². The first kappa shape index (κ1) is 7.87. The summed E-state index contributed by atoms with van der Waals surface area (Å²) in [6, 6.07) is 0. The highest BCUT2D eigenvalue weighted by Gasteiger charge is 2.15. The van der Waals surface area contributed by atoms with E-state index in [1.807, 2.05) is 0 Å². The second kappa shape index (κ2) is 2.63. The lowest BCUT2D eigenvalue weighted by molar-refractivity contribution is 0.0694. The molecule has 0 amide bonds. The maximum Gasteiger partial charge on any atom is 0.357 e. The number of rotatable bonds is 1. The Hall–Kier alpha value is -1.76. The Kier molecular flexibility index (Phi) is 1.59. The summed E-state index contributed by atoms with van der Waals surface area (Å²) >= 11 is 0.988. The van der Waals surface area contributed by atoms with Crippen LogP contribution in [0.5, 0.6) is 0 Å². The van der Waals surface area contributed by atoms with E-state index in [2.05, 4.69) is 14.3 Å². The van der Waals surface area contributed by atoms with Gasteiger partial charge in [0.1, 0.15) is 22.4 Å². The van der Waals surface area contributed by atoms with Crippen molar-refractivity contribution in [2.75, 3.05) is 5.73 Å². The number of nitrogens with two attached hydrogens (primary N) is 1. The van der Waals surface area contributed by atoms with Gasteiger partial charge in [-0.25, -0.2) is 14.8 Å². The first-order valence-electron chi connectivity index (χ1n) is 3.29. The van der Waals surface area contributed by atoms with Gasteiger partial charge < -0.3 is 10.8 Å². The molecule has 0 atom stereocenters. The molecule has 0 unspecified atom stereocenters. The summed E-state index contributed by atoms with van der Waals surface area (Å²) in [5.41, 5.74) is 5.72. The molecule has 0 aliphatic heterocycles. The normalized spacial score (nSPS) is 10.5. The minimum atomic E-state index is -1.11. The maximum absolute atomic E-state index is 10.6. The Morgan fingerprint density at radius 1 is 1.54 bits per heavy atom. The molecule has 6 nitrogen and oxygen atoms in total. The minimum Gasteiger partial charge on any atom is -0.476 e. The van der Waals surface area contributed by atoms with Crippen molar-refractivity contribution in [3.05, 3.63) is 12.0 Å². The second-order valence-electron chi connectivity index (χ2n) is 2.27. The summed E-state index contributed by atoms with van der Waals surface area (Å²) in [6.07, 6.45) is 1.22. The van der Waals surface area contributed by atoms with Crippen LogP contribution in [-0.4, -0.2) is 25.4 Å². The highest BCUT2D eigenvalue weighted by molar-refractivity contribution is 7.14. The van der Waals surface area contributed by atoms with Gasteiger partial charge >= 0.3 is 5.97 Å². The minimum absolute atomic E-state index is 0.0749. The van der Waals surface area contributed by atoms with Gasteiger partial charge in [-0.05, 0) is 11.5 Å². The fourth-order valence-corrected chi connectivity index (χ4v) is 1.65. The van der Waals surface area contributed by atoms with E-state index in [1.165, 1.54) is 6.33 Å². The molecule has 2 rings (SSSR count). The third-order valence-electron chi connectivity index (χ3n) is 1.49. The van der Waals surface area contributed by atoms with Gasteiger partial charge in [0.05, 0.1) is 0 Å². The van der Waals surface area contributed by atoms with E-state index < -0.39 is 5.97 Å². The lowest BCUT2D eigenvalue weighted by atomic mass is 10.3. The molecule has 0 fully saturated rings. The van der Waals surface area contributed by atoms with Gasteiger partial charge in [-0.3, -0.25) is 0 Å². The molecule has 0 bridgehead atoms. The monoisotopic (exact) mass is 196 g/mol. The van der Waals surface area contributed by atoms with Gasteiger partial charge in [-0.2, -0.15) is 4.37 Å². The number of carboxylic acid groups (broad SMARTS) is 1. The molecule has 3 N–H and O–H groups in total. The summed E-state index contributed by atoms with van der Waals surface area (Å²) in [4.78, 5) is 18.2. The zero-order valence-electron chi connectivity index (χ0n) is 6.26. The average Bonchev–Trinajstić information content (AvgIpc) is 2.48. The second-order valence-corrected chi connectivity index (χ2v) is 3.05. The molecule has 0 aliphatic rings. The van der Waals surface area contributed by atoms with E-state index in [0.29, 0.717) is 10.2 Å². The summed E-state index contributed by atoms with van der Waals surface area (Å²) in [6.45, 7) is 0. The van der Waals surface area contributed by atoms with Crippen LogP contribution in [0, 0.1) is 0 Å². The summed E-state index contributed by atoms with van der Waals surface area (Å²) in [5.74, 6) is -0.848. The Labute approximate surface area is 76.2 Å². The van der Waals surface area contributed by atoms with Crippen LogP contribution in [-0.2, 0) is 0 Å². The fourth-order valence-electron chi connectivity index (χ4n) is 0.921. The Balaban J connectivity index is 2.83. The Bertz CT molecular complexity index is 480. The number of hydrogen-bond acceptors (Lipinski definition) is 6. The van der Waals surface area contributed by atoms with Crippen LogP contribution >= 0.6 is 11.5 Å². The third kappa shape index (κ3) is 1.09. The number of fused-ring (bicyclic) bond motifs is 1. The molecule has 0 aliphatic carbocycles. The van der Waals surface area contributed by atoms with E-state index in [0.717, 1.165) is 11.5 Å². The van der Waals surface area contributed by atoms with E-state index in [9.17, 15) is 4.79 Å². The number of hydrogen-bond donors (Lipinski definition) is 2. The zero-order valence-corrected chi connectivity index (χ0v) is 7.08. The molecule has 0 saturated heterocycles. The van der Waals surface area contributed by atoms with Crippen molar-refractivity contribution >= 4 is 33.5 Å². The van der Waals surface area contributed by atoms with E-state index in [1.54, 1.807) is 0 Å². The molecule has 0 radical (unpaired) electrons. The van der Waals surface area contributed by atoms with Gasteiger partial charge in [0, 0.05) is 0 Å². The zero-order chi connectivity index (χ0) is 9.42. The first-order valence-corrected chi connectivity index (χ1v) is 4.06. The molecular formula is C6H4N4O2S. The van der Waals surface area contributed by atoms with Gasteiger partial charge in [-0.1, -0.05) is 0 Å². The highest BCUT2D eigenvalue weighted by atomic mass is 32.1. The molecular weight excluding hydrogens is 192 g/mol. The van der Waals surface area contributed by atoms with Crippen LogP contribution in [0.2, 0.25) is 0 Å². The largest absolute Gasteiger partial charge is 0.476 e. The Morgan fingerprint density at radius 2 is 2.31 bits per heavy atom. The summed E-state index contributed by atoms with van der Waals surface area (Å²) in [5, 5.41) is 8.71. The summed E-state index contributed by atoms with van der Waals surface area (Å²) < 4.78 is 4.23. The molecule has 2 aromatic rings. The van der Waals surface area contributed by atoms with Crippen molar-refractivity contribution in [3.8, 4) is 0 Å². The molecule has 2 aromatic heterocycles. The topological polar surface area (TPSA) is 102 Å². The predicted octanol–water partition coefficient (Wildman–Crippen LogP) is 0.367. The SMILES string of the molecule is Nc1ncnc2c(C(=O)O)nsc12. The molecule has 13 heavy (non-hydrogen) atoms. The Morgan fingerprint density at radius 3 is 3.00 bits per heavy atom. The van der Waals surface area contributed by atoms with Crippen LogP contribution < -0.4 is 5.73 Å². The number of nitrogens with zero attached hydrogens (tertiary/aromatic N) is 3. The molecule has 7 heteroatoms. The van der Waals surface area contributed by atoms with E-state index in [4.69, 9.17) is 10.8 Å². The quantitative estimate of drug-likeness (QED) is 0.683. The standard InChI is InChI=1S/C6H4N4O2S/c7-5-4-2(8-1-9-5)3(6(11)12)10-13-4/h1H,(H,11,12)(H2,7,8,9). The van der Waals surface area contributed by atoms with Gasteiger partial charge in [0.25, 0.3) is 0 Å². The molecule has 0 aromatic carbocycles. The van der Waals surface area contributed by atoms with Gasteiger partial charge in [-0.15, -0.1) is 0 Å². The van der Waals surface area contributed by atoms with Gasteiger partial charge in [0.2, 0.25) is 0 Å². The highest BCUT2D eigenvalue weighted by Crippen LogP contribution is 2.23. The van der Waals surface area contributed by atoms with Gasteiger partial charge in [0.15, 0.2) is 5.69 Å². The molecule has 2 heterocycles. The van der Waals surface area contributed by atoms with E-state index in [-0.39, 0.29) is 11.5 Å². The van der Waals surface area contributed by atoms with Crippen molar-refractivity contribution in [3.63, 3.8) is 0 Å². The predicted molar refractivity (Wildman–Crippen MR) is 46.6 cm³/mol. The number of anilines is 1. The first-order chi connectivity index (χ1) is 6.20. The van der Waals surface area contributed by atoms with Crippen molar-refractivity contribution in [1.29, 1.82) is 0 Å². The number of nitrogen functional groups attached to an aromatic ring is 1. The van der Waals surface area contributed by atoms with Crippen LogP contribution in [0.3, 0.4) is 0 Å². The van der Waals surface area contributed by atoms with Crippen molar-refractivity contribution < 1.29 is 9.90 Å². The van der Waals surface area contributed by atoms with Crippen LogP contribution in [0.15, 0.2) is 6.33 Å². The smallest absolute Gasteiger partial charge is 0.357 e. The molecule has 66 valence electrons. The number of carboxylic acids is 1. The summed E-state index contributed by atoms with van der Waals surface area (Å²) in [7, 11) is 0. The third-order valence-corrected chi connectivity index (χ3v) is 2.35. The fraction of sp³-hybridized carbons (Fsp3) is 0. The number of carbonyl (C=O) groups is 1. The van der Waals surface area contributed by atoms with E-state index >= 15 is 0 Å². The van der Waals surface area contributed by atoms with Crippen molar-refractivity contribution in [2.45, 2.75) is 0 Å². The average molecular weight is 196 g/mol. The molecule has 0 spiro atoms. The van der Waals surface area contributed by atoms with Crippen LogP contribution in [0.4, 0.5) is 5.82 Å². The van der Waals surface area contributed by atoms with Crippen molar-refractivity contribution in [1.82, 2.24) is 14.3 Å². The maximum atomic E-state index is 10.6. The number of aromatic nitrogens is 3. The van der Waals surface area contributed by atoms with Crippen molar-refractivity contribution in [2.24, 2.45) is 0 Å². The van der Waals surface area contributed by atoms with Crippen LogP contribution in [0.25, 0.3) is 10.2 Å². The number of aromatic carboxylic acids is 1. The lowest BCUT2D eigenvalue weighted by Gasteiger charge is -1.91. The molecule has 0 saturated carbocycles.